The zero-order valence-corrected chi connectivity index (χ0v) is 17.0. The Hall–Kier alpha value is -1.87. The van der Waals surface area contributed by atoms with Crippen LogP contribution >= 0.6 is 34.5 Å². The molecular formula is C23H17Cl2NS. The van der Waals surface area contributed by atoms with E-state index in [0.29, 0.717) is 5.02 Å². The van der Waals surface area contributed by atoms with Crippen molar-refractivity contribution >= 4 is 44.8 Å². The van der Waals surface area contributed by atoms with Crippen molar-refractivity contribution in [2.24, 2.45) is 0 Å². The highest BCUT2D eigenvalue weighted by molar-refractivity contribution is 7.19. The van der Waals surface area contributed by atoms with Crippen LogP contribution < -0.4 is 0 Å². The number of thiophene rings is 1. The summed E-state index contributed by atoms with van der Waals surface area (Å²) in [6.45, 7) is 0. The summed E-state index contributed by atoms with van der Waals surface area (Å²) in [6.07, 6.45) is 4.77. The zero-order chi connectivity index (χ0) is 18.4. The minimum atomic E-state index is 0.714. The van der Waals surface area contributed by atoms with Gasteiger partial charge in [-0.2, -0.15) is 0 Å². The topological polar surface area (TPSA) is 12.9 Å². The molecule has 1 nitrogen and oxygen atoms in total. The summed E-state index contributed by atoms with van der Waals surface area (Å²) < 4.78 is 0. The first-order chi connectivity index (χ1) is 13.2. The van der Waals surface area contributed by atoms with Crippen molar-refractivity contribution in [1.82, 2.24) is 4.98 Å². The maximum Gasteiger partial charge on any atom is 0.125 e. The fourth-order valence-corrected chi connectivity index (χ4v) is 5.69. The molecule has 4 aromatic rings. The molecule has 4 heteroatoms. The Morgan fingerprint density at radius 1 is 0.815 bits per heavy atom. The smallest absolute Gasteiger partial charge is 0.125 e. The van der Waals surface area contributed by atoms with Crippen molar-refractivity contribution in [3.63, 3.8) is 0 Å². The summed E-state index contributed by atoms with van der Waals surface area (Å²) >= 11 is 14.9. The predicted octanol–water partition coefficient (Wildman–Crippen LogP) is 7.82. The highest BCUT2D eigenvalue weighted by Crippen LogP contribution is 2.46. The van der Waals surface area contributed by atoms with E-state index in [-0.39, 0.29) is 0 Å². The van der Waals surface area contributed by atoms with Gasteiger partial charge in [-0.3, -0.25) is 0 Å². The average Bonchev–Trinajstić information content (AvgIpc) is 3.07. The summed E-state index contributed by atoms with van der Waals surface area (Å²) in [4.78, 5) is 7.58. The first-order valence-electron chi connectivity index (χ1n) is 9.17. The standard InChI is InChI=1S/C23H17Cl2NS/c24-16-12-10-15(11-13-16)22-21(25)19(14-6-2-1-3-7-14)20-17-8-4-5-9-18(17)27-23(20)26-22/h1-3,6-7,10-13H,4-5,8-9H2. The van der Waals surface area contributed by atoms with Gasteiger partial charge < -0.3 is 0 Å². The second-order valence-electron chi connectivity index (χ2n) is 6.91. The van der Waals surface area contributed by atoms with Crippen molar-refractivity contribution in [3.05, 3.63) is 75.1 Å². The zero-order valence-electron chi connectivity index (χ0n) is 14.6. The van der Waals surface area contributed by atoms with Gasteiger partial charge in [-0.1, -0.05) is 65.7 Å². The van der Waals surface area contributed by atoms with Crippen molar-refractivity contribution in [2.45, 2.75) is 25.7 Å². The Bertz CT molecular complexity index is 1130. The number of hydrogen-bond acceptors (Lipinski definition) is 2. The fourth-order valence-electron chi connectivity index (χ4n) is 3.94. The summed E-state index contributed by atoms with van der Waals surface area (Å²) in [5.41, 5.74) is 5.55. The largest absolute Gasteiger partial charge is 0.235 e. The van der Waals surface area contributed by atoms with Crippen LogP contribution in [0.1, 0.15) is 23.3 Å². The van der Waals surface area contributed by atoms with Crippen molar-refractivity contribution in [3.8, 4) is 22.4 Å². The minimum Gasteiger partial charge on any atom is -0.235 e. The number of nitrogens with zero attached hydrogens (tertiary/aromatic N) is 1. The number of pyridine rings is 1. The van der Waals surface area contributed by atoms with Gasteiger partial charge in [0.05, 0.1) is 10.7 Å². The normalized spacial score (nSPS) is 13.7. The quantitative estimate of drug-likeness (QED) is 0.328. The summed E-state index contributed by atoms with van der Waals surface area (Å²) in [6, 6.07) is 18.2. The monoisotopic (exact) mass is 409 g/mol. The molecule has 2 heterocycles. The van der Waals surface area contributed by atoms with Gasteiger partial charge in [0.25, 0.3) is 0 Å². The Kier molecular flexibility index (Phi) is 4.43. The first kappa shape index (κ1) is 17.2. The van der Waals surface area contributed by atoms with Gasteiger partial charge in [-0.05, 0) is 48.9 Å². The predicted molar refractivity (Wildman–Crippen MR) is 117 cm³/mol. The molecule has 2 aromatic heterocycles. The number of aryl methyl sites for hydroxylation is 2. The molecule has 5 rings (SSSR count). The van der Waals surface area contributed by atoms with Gasteiger partial charge in [0, 0.05) is 26.4 Å². The maximum atomic E-state index is 7.01. The van der Waals surface area contributed by atoms with Crippen LogP contribution in [0, 0.1) is 0 Å². The lowest BCUT2D eigenvalue weighted by atomic mass is 9.92. The number of halogens is 2. The lowest BCUT2D eigenvalue weighted by Crippen LogP contribution is -1.99. The molecule has 1 aliphatic carbocycles. The Morgan fingerprint density at radius 3 is 2.33 bits per heavy atom. The van der Waals surface area contributed by atoms with E-state index < -0.39 is 0 Å². The van der Waals surface area contributed by atoms with E-state index in [0.717, 1.165) is 45.1 Å². The molecule has 2 aromatic carbocycles. The Morgan fingerprint density at radius 2 is 1.56 bits per heavy atom. The highest BCUT2D eigenvalue weighted by Gasteiger charge is 2.24. The van der Waals surface area contributed by atoms with Gasteiger partial charge in [-0.25, -0.2) is 4.98 Å². The molecule has 134 valence electrons. The van der Waals surface area contributed by atoms with E-state index in [4.69, 9.17) is 28.2 Å². The second kappa shape index (κ2) is 6.94. The molecule has 0 spiro atoms. The molecular weight excluding hydrogens is 393 g/mol. The number of fused-ring (bicyclic) bond motifs is 3. The summed E-state index contributed by atoms with van der Waals surface area (Å²) in [5, 5.41) is 2.69. The molecule has 0 saturated heterocycles. The second-order valence-corrected chi connectivity index (χ2v) is 8.81. The van der Waals surface area contributed by atoms with Gasteiger partial charge in [0.15, 0.2) is 0 Å². The lowest BCUT2D eigenvalue weighted by molar-refractivity contribution is 0.700. The maximum absolute atomic E-state index is 7.01. The Balaban J connectivity index is 1.86. The molecule has 0 atom stereocenters. The highest BCUT2D eigenvalue weighted by atomic mass is 35.5. The molecule has 0 saturated carbocycles. The van der Waals surface area contributed by atoms with E-state index in [1.807, 2.05) is 41.7 Å². The van der Waals surface area contributed by atoms with Crippen LogP contribution in [0.4, 0.5) is 0 Å². The fraction of sp³-hybridized carbons (Fsp3) is 0.174. The van der Waals surface area contributed by atoms with Gasteiger partial charge >= 0.3 is 0 Å². The third kappa shape index (κ3) is 2.97. The molecule has 0 radical (unpaired) electrons. The molecule has 0 amide bonds. The van der Waals surface area contributed by atoms with Crippen molar-refractivity contribution in [2.75, 3.05) is 0 Å². The van der Waals surface area contributed by atoms with Crippen LogP contribution in [0.25, 0.3) is 32.6 Å². The summed E-state index contributed by atoms with van der Waals surface area (Å²) in [7, 11) is 0. The van der Waals surface area contributed by atoms with Gasteiger partial charge in [0.1, 0.15) is 4.83 Å². The molecule has 0 N–H and O–H groups in total. The Labute approximate surface area is 172 Å². The van der Waals surface area contributed by atoms with E-state index in [1.54, 1.807) is 0 Å². The van der Waals surface area contributed by atoms with E-state index >= 15 is 0 Å². The molecule has 0 bridgehead atoms. The molecule has 0 fully saturated rings. The van der Waals surface area contributed by atoms with E-state index in [2.05, 4.69) is 24.3 Å². The van der Waals surface area contributed by atoms with Crippen molar-refractivity contribution < 1.29 is 0 Å². The van der Waals surface area contributed by atoms with E-state index in [1.165, 1.54) is 28.7 Å². The number of hydrogen-bond donors (Lipinski definition) is 0. The van der Waals surface area contributed by atoms with E-state index in [9.17, 15) is 0 Å². The van der Waals surface area contributed by atoms with Crippen LogP contribution in [0.3, 0.4) is 0 Å². The molecule has 0 unspecified atom stereocenters. The SMILES string of the molecule is Clc1ccc(-c2nc3sc4c(c3c(-c3ccccc3)c2Cl)CCCC4)cc1. The van der Waals surface area contributed by atoms with Crippen LogP contribution in [0.5, 0.6) is 0 Å². The average molecular weight is 410 g/mol. The molecule has 0 aliphatic heterocycles. The number of aromatic nitrogens is 1. The van der Waals surface area contributed by atoms with Gasteiger partial charge in [-0.15, -0.1) is 11.3 Å². The van der Waals surface area contributed by atoms with Gasteiger partial charge in [0.2, 0.25) is 0 Å². The van der Waals surface area contributed by atoms with Crippen LogP contribution in [-0.4, -0.2) is 4.98 Å². The van der Waals surface area contributed by atoms with Crippen LogP contribution in [-0.2, 0) is 12.8 Å². The van der Waals surface area contributed by atoms with Crippen LogP contribution in [0.15, 0.2) is 54.6 Å². The first-order valence-corrected chi connectivity index (χ1v) is 10.7. The third-order valence-corrected chi connectivity index (χ3v) is 7.03. The number of benzene rings is 2. The minimum absolute atomic E-state index is 0.714. The number of rotatable bonds is 2. The third-order valence-electron chi connectivity index (χ3n) is 5.22. The lowest BCUT2D eigenvalue weighted by Gasteiger charge is -2.15. The van der Waals surface area contributed by atoms with Crippen LogP contribution in [0.2, 0.25) is 10.0 Å². The molecule has 1 aliphatic rings. The summed E-state index contributed by atoms with van der Waals surface area (Å²) in [5.74, 6) is 0. The van der Waals surface area contributed by atoms with Crippen molar-refractivity contribution in [1.29, 1.82) is 0 Å². The molecule has 27 heavy (non-hydrogen) atoms.